The van der Waals surface area contributed by atoms with Crippen LogP contribution in [-0.4, -0.2) is 24.1 Å². The summed E-state index contributed by atoms with van der Waals surface area (Å²) in [7, 11) is 0. The van der Waals surface area contributed by atoms with Crippen molar-refractivity contribution in [3.8, 4) is 0 Å². The molecule has 132 valence electrons. The van der Waals surface area contributed by atoms with Crippen LogP contribution < -0.4 is 10.2 Å². The molecule has 1 aliphatic heterocycles. The fourth-order valence-electron chi connectivity index (χ4n) is 2.45. The number of thioether (sulfide) groups is 1. The van der Waals surface area contributed by atoms with E-state index in [4.69, 9.17) is 11.6 Å². The van der Waals surface area contributed by atoms with E-state index < -0.39 is 5.82 Å². The Hall–Kier alpha value is -1.57. The van der Waals surface area contributed by atoms with Gasteiger partial charge in [-0.1, -0.05) is 24.6 Å². The van der Waals surface area contributed by atoms with E-state index in [1.807, 2.05) is 6.07 Å². The molecule has 0 spiro atoms. The number of nitrogens with one attached hydrogen (secondary N) is 1. The van der Waals surface area contributed by atoms with Gasteiger partial charge in [0.05, 0.1) is 15.6 Å². The van der Waals surface area contributed by atoms with Crippen LogP contribution >= 0.6 is 34.7 Å². The predicted molar refractivity (Wildman–Crippen MR) is 100 cm³/mol. The highest BCUT2D eigenvalue weighted by Crippen LogP contribution is 2.42. The predicted octanol–water partition coefficient (Wildman–Crippen LogP) is 3.86. The van der Waals surface area contributed by atoms with Gasteiger partial charge in [0.2, 0.25) is 11.8 Å². The van der Waals surface area contributed by atoms with Crippen molar-refractivity contribution in [2.75, 3.05) is 17.2 Å². The molecule has 8 heteroatoms. The van der Waals surface area contributed by atoms with E-state index in [1.165, 1.54) is 39.7 Å². The van der Waals surface area contributed by atoms with Crippen LogP contribution in [0.1, 0.15) is 17.4 Å². The van der Waals surface area contributed by atoms with Crippen LogP contribution in [-0.2, 0) is 22.6 Å². The van der Waals surface area contributed by atoms with Gasteiger partial charge in [0.25, 0.3) is 0 Å². The fourth-order valence-corrected chi connectivity index (χ4v) is 4.97. The van der Waals surface area contributed by atoms with Gasteiger partial charge >= 0.3 is 0 Å². The number of aryl methyl sites for hydroxylation is 1. The Labute approximate surface area is 158 Å². The minimum absolute atomic E-state index is 0.0366. The van der Waals surface area contributed by atoms with Crippen molar-refractivity contribution in [2.24, 2.45) is 0 Å². The van der Waals surface area contributed by atoms with Gasteiger partial charge in [0.15, 0.2) is 0 Å². The smallest absolute Gasteiger partial charge is 0.240 e. The molecule has 0 atom stereocenters. The highest BCUT2D eigenvalue weighted by Gasteiger charge is 2.28. The lowest BCUT2D eigenvalue weighted by Crippen LogP contribution is -2.42. The molecule has 0 fully saturated rings. The lowest BCUT2D eigenvalue weighted by atomic mass is 10.2. The molecular weight excluding hydrogens is 383 g/mol. The van der Waals surface area contributed by atoms with Crippen molar-refractivity contribution in [2.45, 2.75) is 24.1 Å². The Kier molecular flexibility index (Phi) is 5.66. The topological polar surface area (TPSA) is 49.4 Å². The van der Waals surface area contributed by atoms with E-state index in [0.717, 1.165) is 16.3 Å². The fraction of sp³-hybridized carbons (Fsp3) is 0.294. The molecule has 0 radical (unpaired) electrons. The molecule has 1 N–H and O–H groups in total. The molecule has 4 nitrogen and oxygen atoms in total. The van der Waals surface area contributed by atoms with Gasteiger partial charge in [-0.25, -0.2) is 4.39 Å². The number of halogens is 2. The maximum Gasteiger partial charge on any atom is 0.240 e. The molecule has 2 amide bonds. The Bertz CT molecular complexity index is 825. The van der Waals surface area contributed by atoms with Crippen LogP contribution in [0.2, 0.25) is 5.02 Å². The highest BCUT2D eigenvalue weighted by molar-refractivity contribution is 8.02. The number of hydrogen-bond acceptors (Lipinski definition) is 4. The van der Waals surface area contributed by atoms with Crippen molar-refractivity contribution in [1.82, 2.24) is 5.32 Å². The number of nitrogens with zero attached hydrogens (tertiary/aromatic N) is 1. The SMILES string of the molecule is CCc1cc2c(s1)SCC(=O)N2CC(=O)NCc1ccc(F)cc1Cl. The number of hydrogen-bond donors (Lipinski definition) is 1. The maximum atomic E-state index is 13.1. The summed E-state index contributed by atoms with van der Waals surface area (Å²) >= 11 is 9.14. The Balaban J connectivity index is 1.66. The largest absolute Gasteiger partial charge is 0.350 e. The summed E-state index contributed by atoms with van der Waals surface area (Å²) in [5.41, 5.74) is 1.44. The number of fused-ring (bicyclic) bond motifs is 1. The molecule has 0 bridgehead atoms. The van der Waals surface area contributed by atoms with Crippen molar-refractivity contribution < 1.29 is 14.0 Å². The van der Waals surface area contributed by atoms with Crippen molar-refractivity contribution in [3.05, 3.63) is 45.5 Å². The van der Waals surface area contributed by atoms with Gasteiger partial charge < -0.3 is 10.2 Å². The van der Waals surface area contributed by atoms with E-state index in [0.29, 0.717) is 11.3 Å². The summed E-state index contributed by atoms with van der Waals surface area (Å²) in [5, 5.41) is 3.00. The molecule has 0 aliphatic carbocycles. The molecule has 0 saturated heterocycles. The number of rotatable bonds is 5. The van der Waals surface area contributed by atoms with Crippen molar-refractivity contribution in [3.63, 3.8) is 0 Å². The minimum atomic E-state index is -0.423. The number of benzene rings is 1. The van der Waals surface area contributed by atoms with Crippen LogP contribution in [0.25, 0.3) is 0 Å². The average Bonchev–Trinajstić information content (AvgIpc) is 3.00. The molecule has 2 aromatic rings. The van der Waals surface area contributed by atoms with Gasteiger partial charge in [0.1, 0.15) is 12.4 Å². The summed E-state index contributed by atoms with van der Waals surface area (Å²) < 4.78 is 14.1. The zero-order valence-electron chi connectivity index (χ0n) is 13.5. The lowest BCUT2D eigenvalue weighted by Gasteiger charge is -2.26. The van der Waals surface area contributed by atoms with Gasteiger partial charge in [-0.05, 0) is 30.2 Å². The minimum Gasteiger partial charge on any atom is -0.350 e. The second kappa shape index (κ2) is 7.76. The summed E-state index contributed by atoms with van der Waals surface area (Å²) in [6.07, 6.45) is 0.898. The maximum absolute atomic E-state index is 13.1. The highest BCUT2D eigenvalue weighted by atomic mass is 35.5. The van der Waals surface area contributed by atoms with Crippen LogP contribution in [0.3, 0.4) is 0 Å². The number of anilines is 1. The molecule has 2 heterocycles. The van der Waals surface area contributed by atoms with Gasteiger partial charge in [-0.2, -0.15) is 0 Å². The number of thiophene rings is 1. The lowest BCUT2D eigenvalue weighted by molar-refractivity contribution is -0.123. The van der Waals surface area contributed by atoms with E-state index in [1.54, 1.807) is 11.3 Å². The first-order chi connectivity index (χ1) is 12.0. The van der Waals surface area contributed by atoms with Crippen LogP contribution in [0.15, 0.2) is 28.5 Å². The third kappa shape index (κ3) is 4.16. The molecule has 0 unspecified atom stereocenters. The van der Waals surface area contributed by atoms with E-state index in [9.17, 15) is 14.0 Å². The molecule has 1 aromatic heterocycles. The first-order valence-corrected chi connectivity index (χ1v) is 9.92. The summed E-state index contributed by atoms with van der Waals surface area (Å²) in [6.45, 7) is 2.21. The first-order valence-electron chi connectivity index (χ1n) is 7.74. The Morgan fingerprint density at radius 1 is 1.40 bits per heavy atom. The Morgan fingerprint density at radius 2 is 2.20 bits per heavy atom. The van der Waals surface area contributed by atoms with E-state index in [2.05, 4.69) is 12.2 Å². The molecule has 1 aliphatic rings. The van der Waals surface area contributed by atoms with Crippen LogP contribution in [0.5, 0.6) is 0 Å². The average molecular weight is 399 g/mol. The van der Waals surface area contributed by atoms with Crippen LogP contribution in [0.4, 0.5) is 10.1 Å². The first kappa shape index (κ1) is 18.2. The normalized spacial score (nSPS) is 13.7. The summed E-state index contributed by atoms with van der Waals surface area (Å²) in [5.74, 6) is -0.440. The number of amides is 2. The molecular formula is C17H16ClFN2O2S2. The molecule has 3 rings (SSSR count). The molecule has 1 aromatic carbocycles. The van der Waals surface area contributed by atoms with E-state index in [-0.39, 0.29) is 29.9 Å². The third-order valence-electron chi connectivity index (χ3n) is 3.79. The van der Waals surface area contributed by atoms with Gasteiger partial charge in [0, 0.05) is 16.4 Å². The Morgan fingerprint density at radius 3 is 2.92 bits per heavy atom. The standard InChI is InChI=1S/C17H16ClFN2O2S2/c1-2-12-6-14-17(25-12)24-9-16(23)21(14)8-15(22)20-7-10-3-4-11(19)5-13(10)18/h3-6H,2,7-9H2,1H3,(H,20,22). The number of carbonyl (C=O) groups excluding carboxylic acids is 2. The molecule has 25 heavy (non-hydrogen) atoms. The van der Waals surface area contributed by atoms with Crippen molar-refractivity contribution in [1.29, 1.82) is 0 Å². The second-order valence-corrected chi connectivity index (χ2v) is 8.31. The van der Waals surface area contributed by atoms with Gasteiger partial charge in [-0.3, -0.25) is 9.59 Å². The zero-order valence-corrected chi connectivity index (χ0v) is 15.9. The third-order valence-corrected chi connectivity index (χ3v) is 6.67. The zero-order chi connectivity index (χ0) is 18.0. The van der Waals surface area contributed by atoms with Crippen LogP contribution in [0, 0.1) is 5.82 Å². The number of carbonyl (C=O) groups is 2. The summed E-state index contributed by atoms with van der Waals surface area (Å²) in [6, 6.07) is 6.01. The second-order valence-electron chi connectivity index (χ2n) is 5.52. The van der Waals surface area contributed by atoms with Gasteiger partial charge in [-0.15, -0.1) is 23.1 Å². The molecule has 0 saturated carbocycles. The quantitative estimate of drug-likeness (QED) is 0.832. The summed E-state index contributed by atoms with van der Waals surface area (Å²) in [4.78, 5) is 27.2. The monoisotopic (exact) mass is 398 g/mol. The van der Waals surface area contributed by atoms with Crippen molar-refractivity contribution >= 4 is 52.2 Å². The van der Waals surface area contributed by atoms with E-state index >= 15 is 0 Å².